The maximum Gasteiger partial charge on any atom is 0.490 e. The minimum atomic E-state index is -5.08. The van der Waals surface area contributed by atoms with Crippen molar-refractivity contribution in [3.63, 3.8) is 0 Å². The lowest BCUT2D eigenvalue weighted by Crippen LogP contribution is -2.64. The number of hydrogen-bond acceptors (Lipinski definition) is 6. The van der Waals surface area contributed by atoms with Crippen LogP contribution in [0.5, 0.6) is 0 Å². The Bertz CT molecular complexity index is 921. The zero-order chi connectivity index (χ0) is 26.3. The molecule has 1 spiro atoms. The van der Waals surface area contributed by atoms with Crippen LogP contribution in [-0.4, -0.2) is 71.7 Å². The van der Waals surface area contributed by atoms with Gasteiger partial charge >= 0.3 is 12.1 Å². The predicted molar refractivity (Wildman–Crippen MR) is 126 cm³/mol. The predicted octanol–water partition coefficient (Wildman–Crippen LogP) is 3.92. The minimum absolute atomic E-state index is 0.0252. The number of benzene rings is 1. The van der Waals surface area contributed by atoms with E-state index in [0.29, 0.717) is 18.1 Å². The highest BCUT2D eigenvalue weighted by Crippen LogP contribution is 2.35. The lowest BCUT2D eigenvalue weighted by Gasteiger charge is -2.50. The van der Waals surface area contributed by atoms with Gasteiger partial charge in [0.2, 0.25) is 0 Å². The monoisotopic (exact) mass is 513 g/mol. The molecule has 1 aliphatic carbocycles. The van der Waals surface area contributed by atoms with Gasteiger partial charge in [0.25, 0.3) is 5.91 Å². The SMILES string of the molecule is CC(C)CN1CCOC2(CCCCC2NC(=O)C2=NO[C@H](c3ccccc3)C2)C1.O=C(O)C(F)(F)F. The van der Waals surface area contributed by atoms with Crippen molar-refractivity contribution in [1.29, 1.82) is 0 Å². The average Bonchev–Trinajstić information content (AvgIpc) is 3.31. The number of alkyl halides is 3. The zero-order valence-corrected chi connectivity index (χ0v) is 20.6. The first kappa shape index (κ1) is 27.9. The topological polar surface area (TPSA) is 100 Å². The van der Waals surface area contributed by atoms with Crippen molar-refractivity contribution in [2.24, 2.45) is 11.1 Å². The van der Waals surface area contributed by atoms with Gasteiger partial charge in [0.05, 0.1) is 12.6 Å². The number of carbonyl (C=O) groups is 2. The molecule has 3 aliphatic rings. The first-order chi connectivity index (χ1) is 17.0. The summed E-state index contributed by atoms with van der Waals surface area (Å²) in [4.78, 5) is 29.9. The summed E-state index contributed by atoms with van der Waals surface area (Å²) >= 11 is 0. The number of nitrogens with zero attached hydrogens (tertiary/aromatic N) is 2. The molecule has 1 aromatic rings. The van der Waals surface area contributed by atoms with Crippen LogP contribution in [0.4, 0.5) is 13.2 Å². The third kappa shape index (κ3) is 7.42. The molecule has 2 aliphatic heterocycles. The van der Waals surface area contributed by atoms with Crippen molar-refractivity contribution in [3.05, 3.63) is 35.9 Å². The molecule has 1 amide bonds. The summed E-state index contributed by atoms with van der Waals surface area (Å²) < 4.78 is 38.1. The molecule has 2 N–H and O–H groups in total. The maximum atomic E-state index is 13.0. The fraction of sp³-hybridized carbons (Fsp3) is 0.640. The van der Waals surface area contributed by atoms with Gasteiger partial charge in [0.15, 0.2) is 6.10 Å². The second kappa shape index (κ2) is 12.1. The number of hydrogen-bond donors (Lipinski definition) is 2. The average molecular weight is 514 g/mol. The van der Waals surface area contributed by atoms with Gasteiger partial charge in [-0.2, -0.15) is 13.2 Å². The highest BCUT2D eigenvalue weighted by atomic mass is 19.4. The standard InChI is InChI=1S/C23H33N3O3.C2HF3O2/c1-17(2)15-26-12-13-28-23(16-26)11-7-6-10-21(23)24-22(27)19-14-20(29-25-19)18-8-4-3-5-9-18;3-2(4,5)1(6)7/h3-5,8-9,17,20-21H,6-7,10-16H2,1-2H3,(H,24,27);(H,6,7)/t20-,21?,23?;/m0./s1. The van der Waals surface area contributed by atoms with E-state index in [9.17, 15) is 18.0 Å². The molecule has 1 aromatic carbocycles. The Morgan fingerprint density at radius 1 is 1.25 bits per heavy atom. The van der Waals surface area contributed by atoms with E-state index in [1.54, 1.807) is 0 Å². The van der Waals surface area contributed by atoms with Gasteiger partial charge in [-0.25, -0.2) is 4.79 Å². The van der Waals surface area contributed by atoms with Crippen molar-refractivity contribution in [2.45, 2.75) is 69.9 Å². The van der Waals surface area contributed by atoms with Crippen LogP contribution >= 0.6 is 0 Å². The van der Waals surface area contributed by atoms with Gasteiger partial charge in [-0.15, -0.1) is 0 Å². The molecule has 1 saturated carbocycles. The molecule has 11 heteroatoms. The Labute approximate surface area is 208 Å². The van der Waals surface area contributed by atoms with Crippen molar-refractivity contribution in [3.8, 4) is 0 Å². The molecule has 2 fully saturated rings. The molecule has 36 heavy (non-hydrogen) atoms. The van der Waals surface area contributed by atoms with E-state index in [-0.39, 0.29) is 23.7 Å². The van der Waals surface area contributed by atoms with Gasteiger partial charge in [-0.1, -0.05) is 62.2 Å². The number of halogens is 3. The van der Waals surface area contributed by atoms with E-state index in [2.05, 4.69) is 29.2 Å². The molecule has 4 rings (SSSR count). The lowest BCUT2D eigenvalue weighted by atomic mass is 9.78. The van der Waals surface area contributed by atoms with E-state index in [1.165, 1.54) is 0 Å². The van der Waals surface area contributed by atoms with Gasteiger partial charge < -0.3 is 20.0 Å². The van der Waals surface area contributed by atoms with Crippen LogP contribution < -0.4 is 5.32 Å². The lowest BCUT2D eigenvalue weighted by molar-refractivity contribution is -0.192. The molecule has 200 valence electrons. The van der Waals surface area contributed by atoms with Crippen LogP contribution in [0.3, 0.4) is 0 Å². The van der Waals surface area contributed by atoms with Crippen LogP contribution in [-0.2, 0) is 19.2 Å². The number of carboxylic acids is 1. The summed E-state index contributed by atoms with van der Waals surface area (Å²) in [5.41, 5.74) is 1.25. The maximum absolute atomic E-state index is 13.0. The van der Waals surface area contributed by atoms with Crippen molar-refractivity contribution in [2.75, 3.05) is 26.2 Å². The fourth-order valence-electron chi connectivity index (χ4n) is 4.93. The second-order valence-electron chi connectivity index (χ2n) is 9.86. The van der Waals surface area contributed by atoms with Gasteiger partial charge in [0, 0.05) is 26.1 Å². The Morgan fingerprint density at radius 2 is 1.94 bits per heavy atom. The fourth-order valence-corrected chi connectivity index (χ4v) is 4.93. The van der Waals surface area contributed by atoms with E-state index >= 15 is 0 Å². The molecule has 8 nitrogen and oxygen atoms in total. The minimum Gasteiger partial charge on any atom is -0.475 e. The Balaban J connectivity index is 0.000000454. The first-order valence-corrected chi connectivity index (χ1v) is 12.2. The number of aliphatic carboxylic acids is 1. The molecule has 3 atom stereocenters. The number of ether oxygens (including phenoxy) is 1. The highest BCUT2D eigenvalue weighted by Gasteiger charge is 2.46. The van der Waals surface area contributed by atoms with Gasteiger partial charge in [-0.3, -0.25) is 9.69 Å². The molecular formula is C25H34F3N3O5. The normalized spacial score (nSPS) is 26.6. The number of nitrogens with one attached hydrogen (secondary N) is 1. The third-order valence-corrected chi connectivity index (χ3v) is 6.54. The number of rotatable bonds is 5. The van der Waals surface area contributed by atoms with Crippen LogP contribution in [0.15, 0.2) is 35.5 Å². The van der Waals surface area contributed by atoms with Gasteiger partial charge in [0.1, 0.15) is 11.3 Å². The Kier molecular flexibility index (Phi) is 9.35. The Morgan fingerprint density at radius 3 is 2.58 bits per heavy atom. The van der Waals surface area contributed by atoms with E-state index in [1.807, 2.05) is 30.3 Å². The van der Waals surface area contributed by atoms with Crippen molar-refractivity contribution in [1.82, 2.24) is 10.2 Å². The Hall–Kier alpha value is -2.66. The number of carboxylic acid groups (broad SMARTS) is 1. The molecule has 0 bridgehead atoms. The van der Waals surface area contributed by atoms with E-state index in [0.717, 1.165) is 57.5 Å². The zero-order valence-electron chi connectivity index (χ0n) is 20.6. The summed E-state index contributed by atoms with van der Waals surface area (Å²) in [5.74, 6) is -2.24. The van der Waals surface area contributed by atoms with Crippen molar-refractivity contribution < 1.29 is 37.4 Å². The molecule has 2 heterocycles. The van der Waals surface area contributed by atoms with Crippen LogP contribution in [0, 0.1) is 5.92 Å². The van der Waals surface area contributed by atoms with Crippen LogP contribution in [0.2, 0.25) is 0 Å². The van der Waals surface area contributed by atoms with E-state index in [4.69, 9.17) is 19.5 Å². The highest BCUT2D eigenvalue weighted by molar-refractivity contribution is 6.39. The summed E-state index contributed by atoms with van der Waals surface area (Å²) in [6.07, 6.45) is -0.516. The largest absolute Gasteiger partial charge is 0.490 e. The molecule has 2 unspecified atom stereocenters. The van der Waals surface area contributed by atoms with E-state index < -0.39 is 12.1 Å². The summed E-state index contributed by atoms with van der Waals surface area (Å²) in [5, 5.41) is 14.5. The number of amides is 1. The quantitative estimate of drug-likeness (QED) is 0.619. The second-order valence-corrected chi connectivity index (χ2v) is 9.86. The van der Waals surface area contributed by atoms with Crippen LogP contribution in [0.1, 0.15) is 57.6 Å². The third-order valence-electron chi connectivity index (χ3n) is 6.54. The smallest absolute Gasteiger partial charge is 0.475 e. The number of oxime groups is 1. The summed E-state index contributed by atoms with van der Waals surface area (Å²) in [6.45, 7) is 8.18. The molecule has 1 saturated heterocycles. The summed E-state index contributed by atoms with van der Waals surface area (Å²) in [6, 6.07) is 9.98. The number of morpholine rings is 1. The first-order valence-electron chi connectivity index (χ1n) is 12.2. The molecule has 0 aromatic heterocycles. The van der Waals surface area contributed by atoms with Crippen LogP contribution in [0.25, 0.3) is 0 Å². The number of carbonyl (C=O) groups excluding carboxylic acids is 1. The van der Waals surface area contributed by atoms with Crippen molar-refractivity contribution >= 4 is 17.6 Å². The summed E-state index contributed by atoms with van der Waals surface area (Å²) in [7, 11) is 0. The molecular weight excluding hydrogens is 479 g/mol. The van der Waals surface area contributed by atoms with Gasteiger partial charge in [-0.05, 0) is 24.3 Å². The molecule has 0 radical (unpaired) electrons.